The van der Waals surface area contributed by atoms with E-state index in [4.69, 9.17) is 9.47 Å². The predicted molar refractivity (Wildman–Crippen MR) is 88.9 cm³/mol. The van der Waals surface area contributed by atoms with E-state index in [0.717, 1.165) is 29.9 Å². The van der Waals surface area contributed by atoms with Gasteiger partial charge in [0.05, 0.1) is 6.54 Å². The molecule has 7 nitrogen and oxygen atoms in total. The number of fused-ring (bicyclic) bond motifs is 1. The van der Waals surface area contributed by atoms with E-state index in [1.54, 1.807) is 7.05 Å². The van der Waals surface area contributed by atoms with Crippen LogP contribution < -0.4 is 25.4 Å². The number of carbonyl (C=O) groups is 1. The monoisotopic (exact) mass is 320 g/mol. The summed E-state index contributed by atoms with van der Waals surface area (Å²) in [5.74, 6) is 2.15. The van der Waals surface area contributed by atoms with Crippen molar-refractivity contribution in [1.29, 1.82) is 0 Å². The average Bonchev–Trinajstić information content (AvgIpc) is 3.03. The summed E-state index contributed by atoms with van der Waals surface area (Å²) in [4.78, 5) is 15.6. The first-order valence-electron chi connectivity index (χ1n) is 7.82. The lowest BCUT2D eigenvalue weighted by Gasteiger charge is -2.12. The van der Waals surface area contributed by atoms with Crippen molar-refractivity contribution in [3.05, 3.63) is 23.8 Å². The third-order valence-corrected chi connectivity index (χ3v) is 3.36. The summed E-state index contributed by atoms with van der Waals surface area (Å²) in [6.45, 7) is 3.91. The molecular weight excluding hydrogens is 296 g/mol. The maximum Gasteiger partial charge on any atom is 0.239 e. The maximum absolute atomic E-state index is 11.5. The standard InChI is InChI=1S/C16H24N4O3/c1-3-7-18-15(21)10-20-16(17-2)19-8-6-12-4-5-13-14(9-12)23-11-22-13/h4-5,9H,3,6-8,10-11H2,1-2H3,(H,18,21)(H2,17,19,20). The number of amides is 1. The molecule has 2 rings (SSSR count). The van der Waals surface area contributed by atoms with Crippen molar-refractivity contribution in [2.75, 3.05) is 33.5 Å². The van der Waals surface area contributed by atoms with Gasteiger partial charge < -0.3 is 25.4 Å². The molecule has 0 spiro atoms. The number of hydrogen-bond donors (Lipinski definition) is 3. The highest BCUT2D eigenvalue weighted by atomic mass is 16.7. The first kappa shape index (κ1) is 16.9. The molecule has 0 bridgehead atoms. The van der Waals surface area contributed by atoms with Gasteiger partial charge in [-0.2, -0.15) is 0 Å². The number of guanidine groups is 1. The van der Waals surface area contributed by atoms with Gasteiger partial charge in [0, 0.05) is 20.1 Å². The summed E-state index contributed by atoms with van der Waals surface area (Å²) < 4.78 is 10.7. The highest BCUT2D eigenvalue weighted by Gasteiger charge is 2.12. The van der Waals surface area contributed by atoms with E-state index >= 15 is 0 Å². The number of carbonyl (C=O) groups excluding carboxylic acids is 1. The summed E-state index contributed by atoms with van der Waals surface area (Å²) in [6, 6.07) is 5.92. The van der Waals surface area contributed by atoms with Gasteiger partial charge >= 0.3 is 0 Å². The van der Waals surface area contributed by atoms with E-state index in [2.05, 4.69) is 20.9 Å². The molecule has 1 aliphatic heterocycles. The molecule has 3 N–H and O–H groups in total. The molecule has 0 atom stereocenters. The zero-order valence-corrected chi connectivity index (χ0v) is 13.6. The van der Waals surface area contributed by atoms with Crippen molar-refractivity contribution in [3.8, 4) is 11.5 Å². The fourth-order valence-corrected chi connectivity index (χ4v) is 2.13. The van der Waals surface area contributed by atoms with Crippen LogP contribution in [0.3, 0.4) is 0 Å². The van der Waals surface area contributed by atoms with E-state index in [0.29, 0.717) is 19.0 Å². The van der Waals surface area contributed by atoms with Crippen molar-refractivity contribution in [2.24, 2.45) is 4.99 Å². The molecule has 0 aromatic heterocycles. The molecule has 0 saturated heterocycles. The third-order valence-electron chi connectivity index (χ3n) is 3.36. The van der Waals surface area contributed by atoms with Gasteiger partial charge in [-0.3, -0.25) is 9.79 Å². The second kappa shape index (κ2) is 8.87. The molecule has 0 aliphatic carbocycles. The Labute approximate surface area is 136 Å². The Balaban J connectivity index is 1.70. The summed E-state index contributed by atoms with van der Waals surface area (Å²) in [5.41, 5.74) is 1.15. The number of benzene rings is 1. The van der Waals surface area contributed by atoms with Gasteiger partial charge in [-0.1, -0.05) is 13.0 Å². The van der Waals surface area contributed by atoms with Crippen LogP contribution in [0, 0.1) is 0 Å². The highest BCUT2D eigenvalue weighted by molar-refractivity contribution is 5.86. The van der Waals surface area contributed by atoms with Crippen molar-refractivity contribution in [3.63, 3.8) is 0 Å². The van der Waals surface area contributed by atoms with Crippen LogP contribution in [-0.4, -0.2) is 45.3 Å². The minimum Gasteiger partial charge on any atom is -0.454 e. The summed E-state index contributed by atoms with van der Waals surface area (Å²) in [6.07, 6.45) is 1.74. The molecule has 126 valence electrons. The first-order valence-corrected chi connectivity index (χ1v) is 7.82. The highest BCUT2D eigenvalue weighted by Crippen LogP contribution is 2.32. The molecule has 7 heteroatoms. The Morgan fingerprint density at radius 2 is 2.00 bits per heavy atom. The van der Waals surface area contributed by atoms with Crippen molar-refractivity contribution in [1.82, 2.24) is 16.0 Å². The molecule has 0 radical (unpaired) electrons. The number of nitrogens with zero attached hydrogens (tertiary/aromatic N) is 1. The Morgan fingerprint density at radius 3 is 2.78 bits per heavy atom. The number of ether oxygens (including phenoxy) is 2. The van der Waals surface area contributed by atoms with Crippen LogP contribution in [0.5, 0.6) is 11.5 Å². The van der Waals surface area contributed by atoms with Gasteiger partial charge in [0.15, 0.2) is 17.5 Å². The van der Waals surface area contributed by atoms with E-state index in [1.807, 2.05) is 25.1 Å². The summed E-state index contributed by atoms with van der Waals surface area (Å²) in [5, 5.41) is 8.98. The van der Waals surface area contributed by atoms with E-state index in [1.165, 1.54) is 0 Å². The third kappa shape index (κ3) is 5.36. The number of hydrogen-bond acceptors (Lipinski definition) is 4. The molecule has 0 saturated carbocycles. The molecule has 23 heavy (non-hydrogen) atoms. The lowest BCUT2D eigenvalue weighted by molar-refractivity contribution is -0.120. The molecule has 0 fully saturated rings. The largest absolute Gasteiger partial charge is 0.454 e. The molecular formula is C16H24N4O3. The van der Waals surface area contributed by atoms with Crippen LogP contribution in [0.15, 0.2) is 23.2 Å². The Kier molecular flexibility index (Phi) is 6.53. The molecule has 1 aromatic carbocycles. The normalized spacial score (nSPS) is 12.9. The fraction of sp³-hybridized carbons (Fsp3) is 0.500. The van der Waals surface area contributed by atoms with E-state index in [-0.39, 0.29) is 19.2 Å². The lowest BCUT2D eigenvalue weighted by atomic mass is 10.1. The topological polar surface area (TPSA) is 84.0 Å². The van der Waals surface area contributed by atoms with Gasteiger partial charge in [-0.05, 0) is 30.5 Å². The summed E-state index contributed by atoms with van der Waals surface area (Å²) >= 11 is 0. The van der Waals surface area contributed by atoms with Crippen molar-refractivity contribution in [2.45, 2.75) is 19.8 Å². The number of rotatable bonds is 7. The Morgan fingerprint density at radius 1 is 1.17 bits per heavy atom. The Bertz CT molecular complexity index is 560. The van der Waals surface area contributed by atoms with E-state index in [9.17, 15) is 4.79 Å². The number of nitrogens with one attached hydrogen (secondary N) is 3. The smallest absolute Gasteiger partial charge is 0.239 e. The quantitative estimate of drug-likeness (QED) is 0.507. The molecule has 1 aromatic rings. The fourth-order valence-electron chi connectivity index (χ4n) is 2.13. The van der Waals surface area contributed by atoms with Crippen LogP contribution in [0.2, 0.25) is 0 Å². The van der Waals surface area contributed by atoms with E-state index < -0.39 is 0 Å². The molecule has 0 unspecified atom stereocenters. The second-order valence-corrected chi connectivity index (χ2v) is 5.14. The minimum absolute atomic E-state index is 0.0365. The van der Waals surface area contributed by atoms with Gasteiger partial charge in [0.25, 0.3) is 0 Å². The number of aliphatic imine (C=N–C) groups is 1. The van der Waals surface area contributed by atoms with Gasteiger partial charge in [0.1, 0.15) is 0 Å². The van der Waals surface area contributed by atoms with Crippen molar-refractivity contribution >= 4 is 11.9 Å². The van der Waals surface area contributed by atoms with Crippen molar-refractivity contribution < 1.29 is 14.3 Å². The SMILES string of the molecule is CCCNC(=O)CNC(=NC)NCCc1ccc2c(c1)OCO2. The molecule has 1 amide bonds. The summed E-state index contributed by atoms with van der Waals surface area (Å²) in [7, 11) is 1.68. The molecule has 1 aliphatic rings. The zero-order chi connectivity index (χ0) is 16.5. The van der Waals surface area contributed by atoms with Gasteiger partial charge in [0.2, 0.25) is 12.7 Å². The first-order chi connectivity index (χ1) is 11.2. The lowest BCUT2D eigenvalue weighted by Crippen LogP contribution is -2.43. The van der Waals surface area contributed by atoms with Crippen LogP contribution in [0.1, 0.15) is 18.9 Å². The average molecular weight is 320 g/mol. The van der Waals surface area contributed by atoms with Gasteiger partial charge in [-0.15, -0.1) is 0 Å². The zero-order valence-electron chi connectivity index (χ0n) is 13.6. The van der Waals surface area contributed by atoms with Crippen LogP contribution >= 0.6 is 0 Å². The van der Waals surface area contributed by atoms with Gasteiger partial charge in [-0.25, -0.2) is 0 Å². The minimum atomic E-state index is -0.0365. The Hall–Kier alpha value is -2.44. The maximum atomic E-state index is 11.5. The van der Waals surface area contributed by atoms with Crippen LogP contribution in [0.4, 0.5) is 0 Å². The van der Waals surface area contributed by atoms with Crippen LogP contribution in [0.25, 0.3) is 0 Å². The molecule has 1 heterocycles. The predicted octanol–water partition coefficient (Wildman–Crippen LogP) is 0.649. The van der Waals surface area contributed by atoms with Crippen LogP contribution in [-0.2, 0) is 11.2 Å². The second-order valence-electron chi connectivity index (χ2n) is 5.14.